The lowest BCUT2D eigenvalue weighted by Gasteiger charge is -2.01. The number of benzene rings is 1. The molecule has 1 aliphatic rings. The van der Waals surface area contributed by atoms with Crippen LogP contribution in [0.5, 0.6) is 0 Å². The van der Waals surface area contributed by atoms with Crippen molar-refractivity contribution in [3.8, 4) is 0 Å². The highest BCUT2D eigenvalue weighted by molar-refractivity contribution is 6.02. The number of hydrogen-bond acceptors (Lipinski definition) is 2. The van der Waals surface area contributed by atoms with Gasteiger partial charge < -0.3 is 4.79 Å². The molecular weight excluding hydrogens is 176 g/mol. The van der Waals surface area contributed by atoms with E-state index in [0.717, 1.165) is 0 Å². The molecule has 0 aliphatic heterocycles. The molecule has 14 heavy (non-hydrogen) atoms. The SMILES string of the molecule is O=CCC(=O)c1cccc(C2CC2)c1. The second kappa shape index (κ2) is 3.74. The van der Waals surface area contributed by atoms with Crippen LogP contribution in [0.25, 0.3) is 0 Å². The van der Waals surface area contributed by atoms with E-state index in [1.165, 1.54) is 18.4 Å². The van der Waals surface area contributed by atoms with Gasteiger partial charge >= 0.3 is 0 Å². The van der Waals surface area contributed by atoms with E-state index < -0.39 is 0 Å². The molecule has 0 bridgehead atoms. The van der Waals surface area contributed by atoms with E-state index in [-0.39, 0.29) is 12.2 Å². The summed E-state index contributed by atoms with van der Waals surface area (Å²) in [7, 11) is 0. The summed E-state index contributed by atoms with van der Waals surface area (Å²) in [5.74, 6) is 0.571. The van der Waals surface area contributed by atoms with Gasteiger partial charge in [0.2, 0.25) is 0 Å². The molecule has 0 atom stereocenters. The molecule has 0 N–H and O–H groups in total. The van der Waals surface area contributed by atoms with Gasteiger partial charge in [-0.3, -0.25) is 4.79 Å². The molecule has 0 spiro atoms. The Morgan fingerprint density at radius 3 is 2.86 bits per heavy atom. The maximum atomic E-state index is 11.4. The Bertz CT molecular complexity index is 364. The van der Waals surface area contributed by atoms with Gasteiger partial charge in [-0.25, -0.2) is 0 Å². The average molecular weight is 188 g/mol. The molecule has 2 rings (SSSR count). The van der Waals surface area contributed by atoms with Crippen LogP contribution in [-0.2, 0) is 4.79 Å². The predicted molar refractivity (Wildman–Crippen MR) is 53.4 cm³/mol. The van der Waals surface area contributed by atoms with Crippen molar-refractivity contribution in [1.29, 1.82) is 0 Å². The predicted octanol–water partition coefficient (Wildman–Crippen LogP) is 2.34. The Morgan fingerprint density at radius 2 is 2.21 bits per heavy atom. The summed E-state index contributed by atoms with van der Waals surface area (Å²) >= 11 is 0. The van der Waals surface area contributed by atoms with E-state index in [2.05, 4.69) is 6.07 Å². The zero-order chi connectivity index (χ0) is 9.97. The Balaban J connectivity index is 2.20. The van der Waals surface area contributed by atoms with Crippen molar-refractivity contribution in [3.05, 3.63) is 35.4 Å². The first-order valence-electron chi connectivity index (χ1n) is 4.88. The van der Waals surface area contributed by atoms with Gasteiger partial charge in [-0.15, -0.1) is 0 Å². The molecule has 72 valence electrons. The fraction of sp³-hybridized carbons (Fsp3) is 0.333. The zero-order valence-electron chi connectivity index (χ0n) is 7.90. The average Bonchev–Trinajstić information content (AvgIpc) is 3.02. The van der Waals surface area contributed by atoms with Crippen molar-refractivity contribution < 1.29 is 9.59 Å². The van der Waals surface area contributed by atoms with Gasteiger partial charge in [0.15, 0.2) is 5.78 Å². The fourth-order valence-corrected chi connectivity index (χ4v) is 1.58. The summed E-state index contributed by atoms with van der Waals surface area (Å²) in [6, 6.07) is 7.64. The summed E-state index contributed by atoms with van der Waals surface area (Å²) in [5.41, 5.74) is 1.91. The van der Waals surface area contributed by atoms with Crippen LogP contribution in [0.4, 0.5) is 0 Å². The minimum absolute atomic E-state index is 0.00583. The molecule has 2 heteroatoms. The van der Waals surface area contributed by atoms with E-state index in [4.69, 9.17) is 0 Å². The highest BCUT2D eigenvalue weighted by atomic mass is 16.1. The lowest BCUT2D eigenvalue weighted by Crippen LogP contribution is -1.99. The van der Waals surface area contributed by atoms with Crippen molar-refractivity contribution in [1.82, 2.24) is 0 Å². The smallest absolute Gasteiger partial charge is 0.169 e. The summed E-state index contributed by atoms with van der Waals surface area (Å²) in [4.78, 5) is 21.6. The van der Waals surface area contributed by atoms with Crippen LogP contribution in [0.2, 0.25) is 0 Å². The van der Waals surface area contributed by atoms with Gasteiger partial charge in [-0.2, -0.15) is 0 Å². The highest BCUT2D eigenvalue weighted by Crippen LogP contribution is 2.40. The molecule has 1 fully saturated rings. The van der Waals surface area contributed by atoms with E-state index in [1.807, 2.05) is 12.1 Å². The maximum absolute atomic E-state index is 11.4. The van der Waals surface area contributed by atoms with Crippen molar-refractivity contribution >= 4 is 12.1 Å². The van der Waals surface area contributed by atoms with Gasteiger partial charge in [-0.1, -0.05) is 18.2 Å². The Hall–Kier alpha value is -1.44. The molecule has 0 aromatic heterocycles. The van der Waals surface area contributed by atoms with E-state index in [9.17, 15) is 9.59 Å². The first-order chi connectivity index (χ1) is 6.81. The van der Waals surface area contributed by atoms with Crippen LogP contribution in [0.3, 0.4) is 0 Å². The molecule has 0 saturated heterocycles. The highest BCUT2D eigenvalue weighted by Gasteiger charge is 2.23. The normalized spacial score (nSPS) is 15.1. The molecule has 2 nitrogen and oxygen atoms in total. The van der Waals surface area contributed by atoms with Crippen LogP contribution in [0, 0.1) is 0 Å². The largest absolute Gasteiger partial charge is 0.303 e. The van der Waals surface area contributed by atoms with Crippen LogP contribution in [0.15, 0.2) is 24.3 Å². The van der Waals surface area contributed by atoms with Crippen molar-refractivity contribution in [3.63, 3.8) is 0 Å². The second-order valence-electron chi connectivity index (χ2n) is 3.69. The summed E-state index contributed by atoms with van der Waals surface area (Å²) in [6.07, 6.45) is 3.11. The molecule has 1 aliphatic carbocycles. The molecule has 0 amide bonds. The quantitative estimate of drug-likeness (QED) is 0.413. The standard InChI is InChI=1S/C12H12O2/c13-7-6-12(14)11-3-1-2-10(8-11)9-4-5-9/h1-3,7-9H,4-6H2. The molecule has 1 aromatic rings. The zero-order valence-corrected chi connectivity index (χ0v) is 7.90. The minimum atomic E-state index is -0.0810. The molecule has 0 heterocycles. The van der Waals surface area contributed by atoms with Crippen LogP contribution in [-0.4, -0.2) is 12.1 Å². The van der Waals surface area contributed by atoms with Crippen molar-refractivity contribution in [2.75, 3.05) is 0 Å². The van der Waals surface area contributed by atoms with Gasteiger partial charge in [0, 0.05) is 5.56 Å². The van der Waals surface area contributed by atoms with E-state index in [0.29, 0.717) is 17.8 Å². The number of ketones is 1. The van der Waals surface area contributed by atoms with Crippen LogP contribution in [0.1, 0.15) is 41.1 Å². The maximum Gasteiger partial charge on any atom is 0.169 e. The number of rotatable bonds is 4. The van der Waals surface area contributed by atoms with Crippen molar-refractivity contribution in [2.45, 2.75) is 25.2 Å². The third kappa shape index (κ3) is 1.90. The molecule has 1 aromatic carbocycles. The van der Waals surface area contributed by atoms with Gasteiger partial charge in [-0.05, 0) is 30.4 Å². The topological polar surface area (TPSA) is 34.1 Å². The summed E-state index contributed by atoms with van der Waals surface area (Å²) < 4.78 is 0. The number of carbonyl (C=O) groups is 2. The first-order valence-corrected chi connectivity index (χ1v) is 4.88. The van der Waals surface area contributed by atoms with Crippen LogP contribution < -0.4 is 0 Å². The number of aldehydes is 1. The number of carbonyl (C=O) groups excluding carboxylic acids is 2. The lowest BCUT2D eigenvalue weighted by atomic mass is 10.0. The molecular formula is C12H12O2. The third-order valence-electron chi connectivity index (χ3n) is 2.53. The minimum Gasteiger partial charge on any atom is -0.303 e. The van der Waals surface area contributed by atoms with Crippen molar-refractivity contribution in [2.24, 2.45) is 0 Å². The Morgan fingerprint density at radius 1 is 1.43 bits per heavy atom. The van der Waals surface area contributed by atoms with E-state index in [1.54, 1.807) is 6.07 Å². The van der Waals surface area contributed by atoms with Gasteiger partial charge in [0.05, 0.1) is 6.42 Å². The van der Waals surface area contributed by atoms with Gasteiger partial charge in [0.1, 0.15) is 6.29 Å². The summed E-state index contributed by atoms with van der Waals surface area (Å²) in [5, 5.41) is 0. The third-order valence-corrected chi connectivity index (χ3v) is 2.53. The monoisotopic (exact) mass is 188 g/mol. The molecule has 0 radical (unpaired) electrons. The fourth-order valence-electron chi connectivity index (χ4n) is 1.58. The second-order valence-corrected chi connectivity index (χ2v) is 3.69. The molecule has 0 unspecified atom stereocenters. The molecule has 1 saturated carbocycles. The first kappa shape index (κ1) is 9.13. The van der Waals surface area contributed by atoms with E-state index >= 15 is 0 Å². The Kier molecular flexibility index (Phi) is 2.44. The van der Waals surface area contributed by atoms with Crippen LogP contribution >= 0.6 is 0 Å². The summed E-state index contributed by atoms with van der Waals surface area (Å²) in [6.45, 7) is 0. The van der Waals surface area contributed by atoms with Gasteiger partial charge in [0.25, 0.3) is 0 Å². The number of Topliss-reactive ketones (excluding diaryl/α,β-unsaturated/α-hetero) is 1. The lowest BCUT2D eigenvalue weighted by molar-refractivity contribution is -0.107. The number of hydrogen-bond donors (Lipinski definition) is 0. The Labute approximate surface area is 82.9 Å².